The van der Waals surface area contributed by atoms with Crippen LogP contribution in [0.2, 0.25) is 18.1 Å². The number of ketones is 2. The highest BCUT2D eigenvalue weighted by Crippen LogP contribution is 2.40. The average Bonchev–Trinajstić information content (AvgIpc) is 2.74. The molecule has 0 unspecified atom stereocenters. The van der Waals surface area contributed by atoms with Crippen LogP contribution in [0.4, 0.5) is 0 Å². The lowest BCUT2D eigenvalue weighted by atomic mass is 9.75. The van der Waals surface area contributed by atoms with E-state index in [0.29, 0.717) is 22.6 Å². The van der Waals surface area contributed by atoms with Crippen molar-refractivity contribution in [2.45, 2.75) is 65.1 Å². The molecule has 0 spiro atoms. The lowest BCUT2D eigenvalue weighted by molar-refractivity contribution is -0.131. The fourth-order valence-electron chi connectivity index (χ4n) is 4.53. The summed E-state index contributed by atoms with van der Waals surface area (Å²) in [6, 6.07) is 8.60. The van der Waals surface area contributed by atoms with Crippen LogP contribution in [0.1, 0.15) is 77.1 Å². The van der Waals surface area contributed by atoms with E-state index in [0.717, 1.165) is 37.0 Å². The van der Waals surface area contributed by atoms with Crippen LogP contribution in [0.5, 0.6) is 5.75 Å². The number of ether oxygens (including phenoxy) is 1. The number of rotatable bonds is 4. The summed E-state index contributed by atoms with van der Waals surface area (Å²) in [5.74, 6) is -0.401. The fourth-order valence-corrected chi connectivity index (χ4v) is 5.61. The molecule has 0 amide bonds. The molecule has 0 N–H and O–H groups in total. The Labute approximate surface area is 196 Å². The second-order valence-corrected chi connectivity index (χ2v) is 15.5. The Hall–Kier alpha value is -2.57. The zero-order valence-electron chi connectivity index (χ0n) is 20.3. The van der Waals surface area contributed by atoms with Crippen molar-refractivity contribution in [1.29, 1.82) is 0 Å². The molecule has 0 bridgehead atoms. The van der Waals surface area contributed by atoms with E-state index in [1.54, 1.807) is 24.3 Å². The molecule has 0 saturated carbocycles. The van der Waals surface area contributed by atoms with Gasteiger partial charge in [0.15, 0.2) is 19.9 Å². The molecule has 6 heteroatoms. The van der Waals surface area contributed by atoms with Crippen LogP contribution in [0.25, 0.3) is 0 Å². The van der Waals surface area contributed by atoms with Crippen molar-refractivity contribution in [2.75, 3.05) is 6.61 Å². The topological polar surface area (TPSA) is 69.7 Å². The molecule has 33 heavy (non-hydrogen) atoms. The van der Waals surface area contributed by atoms with Gasteiger partial charge in [0, 0.05) is 30.2 Å². The summed E-state index contributed by atoms with van der Waals surface area (Å²) in [4.78, 5) is 38.4. The zero-order chi connectivity index (χ0) is 24.1. The Kier molecular flexibility index (Phi) is 5.95. The fraction of sp³-hybridized carbons (Fsp3) is 0.444. The molecule has 0 heterocycles. The number of esters is 1. The smallest absolute Gasteiger partial charge is 0.308 e. The molecule has 2 aliphatic rings. The van der Waals surface area contributed by atoms with Crippen molar-refractivity contribution in [3.63, 3.8) is 0 Å². The van der Waals surface area contributed by atoms with Gasteiger partial charge in [-0.15, -0.1) is 0 Å². The van der Waals surface area contributed by atoms with Crippen LogP contribution in [0.15, 0.2) is 30.3 Å². The van der Waals surface area contributed by atoms with Crippen LogP contribution >= 0.6 is 0 Å². The van der Waals surface area contributed by atoms with Gasteiger partial charge in [-0.2, -0.15) is 0 Å². The molecule has 0 aromatic heterocycles. The van der Waals surface area contributed by atoms with Crippen molar-refractivity contribution in [1.82, 2.24) is 0 Å². The first-order chi connectivity index (χ1) is 15.4. The highest BCUT2D eigenvalue weighted by atomic mass is 28.4. The molecule has 2 aromatic rings. The highest BCUT2D eigenvalue weighted by molar-refractivity contribution is 6.74. The maximum absolute atomic E-state index is 13.5. The number of hydrogen-bond donors (Lipinski definition) is 0. The van der Waals surface area contributed by atoms with Crippen molar-refractivity contribution in [2.24, 2.45) is 5.92 Å². The Morgan fingerprint density at radius 3 is 2.36 bits per heavy atom. The highest BCUT2D eigenvalue weighted by Gasteiger charge is 2.39. The quantitative estimate of drug-likeness (QED) is 0.289. The monoisotopic (exact) mass is 464 g/mol. The van der Waals surface area contributed by atoms with Crippen LogP contribution in [-0.2, 0) is 22.1 Å². The SMILES string of the molecule is CC(=O)Oc1cccc2c1C(=O)c1ccc3c(c1C2=O)CC[C@@H](CO[Si](C)(C)C(C)(C)C)C3. The first-order valence-corrected chi connectivity index (χ1v) is 14.5. The van der Waals surface area contributed by atoms with Crippen molar-refractivity contribution >= 4 is 25.9 Å². The molecule has 0 saturated heterocycles. The summed E-state index contributed by atoms with van der Waals surface area (Å²) in [6.45, 7) is 13.3. The van der Waals surface area contributed by atoms with Crippen molar-refractivity contribution < 1.29 is 23.5 Å². The summed E-state index contributed by atoms with van der Waals surface area (Å²) in [5, 5.41) is 0.170. The van der Waals surface area contributed by atoms with E-state index >= 15 is 0 Å². The third kappa shape index (κ3) is 4.22. The zero-order valence-corrected chi connectivity index (χ0v) is 21.3. The molecule has 0 radical (unpaired) electrons. The second-order valence-electron chi connectivity index (χ2n) is 10.7. The third-order valence-corrected chi connectivity index (χ3v) is 11.9. The van der Waals surface area contributed by atoms with Gasteiger partial charge in [0.2, 0.25) is 0 Å². The minimum absolute atomic E-state index is 0.143. The average molecular weight is 465 g/mol. The van der Waals surface area contributed by atoms with E-state index in [1.807, 2.05) is 6.07 Å². The number of hydrogen-bond acceptors (Lipinski definition) is 5. The molecule has 174 valence electrons. The van der Waals surface area contributed by atoms with Gasteiger partial charge in [-0.05, 0) is 66.6 Å². The Balaban J connectivity index is 1.63. The largest absolute Gasteiger partial charge is 0.426 e. The molecule has 4 rings (SSSR count). The van der Waals surface area contributed by atoms with Crippen LogP contribution in [0.3, 0.4) is 0 Å². The summed E-state index contributed by atoms with van der Waals surface area (Å²) >= 11 is 0. The Morgan fingerprint density at radius 2 is 1.70 bits per heavy atom. The van der Waals surface area contributed by atoms with Crippen LogP contribution in [0, 0.1) is 5.92 Å². The lowest BCUT2D eigenvalue weighted by Gasteiger charge is -2.38. The van der Waals surface area contributed by atoms with Gasteiger partial charge in [-0.1, -0.05) is 39.0 Å². The first-order valence-electron chi connectivity index (χ1n) is 11.6. The summed E-state index contributed by atoms with van der Waals surface area (Å²) in [6.07, 6.45) is 2.53. The van der Waals surface area contributed by atoms with Crippen molar-refractivity contribution in [3.8, 4) is 5.75 Å². The van der Waals surface area contributed by atoms with Gasteiger partial charge in [-0.3, -0.25) is 14.4 Å². The summed E-state index contributed by atoms with van der Waals surface area (Å²) in [7, 11) is -1.82. The van der Waals surface area contributed by atoms with Gasteiger partial charge in [0.25, 0.3) is 0 Å². The minimum Gasteiger partial charge on any atom is -0.426 e. The van der Waals surface area contributed by atoms with Gasteiger partial charge >= 0.3 is 5.97 Å². The summed E-state index contributed by atoms with van der Waals surface area (Å²) < 4.78 is 11.7. The summed E-state index contributed by atoms with van der Waals surface area (Å²) in [5.41, 5.74) is 3.53. The molecule has 2 aliphatic carbocycles. The molecule has 1 atom stereocenters. The van der Waals surface area contributed by atoms with E-state index in [4.69, 9.17) is 9.16 Å². The molecule has 2 aromatic carbocycles. The van der Waals surface area contributed by atoms with Gasteiger partial charge in [0.1, 0.15) is 5.75 Å². The van der Waals surface area contributed by atoms with E-state index in [-0.39, 0.29) is 27.9 Å². The van der Waals surface area contributed by atoms with E-state index < -0.39 is 14.3 Å². The standard InChI is InChI=1S/C27H32O5Si/c1-16(28)32-22-9-7-8-20-24(22)26(30)21-13-11-18-14-17(10-12-19(18)23(21)25(20)29)15-31-33(5,6)27(2,3)4/h7-9,11,13,17H,10,12,14-15H2,1-6H3/t17-/m1/s1. The van der Waals surface area contributed by atoms with E-state index in [9.17, 15) is 14.4 Å². The van der Waals surface area contributed by atoms with Crippen LogP contribution < -0.4 is 4.74 Å². The molecular formula is C27H32O5Si. The van der Waals surface area contributed by atoms with Crippen LogP contribution in [-0.4, -0.2) is 32.5 Å². The predicted molar refractivity (Wildman–Crippen MR) is 130 cm³/mol. The Bertz CT molecular complexity index is 1160. The number of benzene rings is 2. The third-order valence-electron chi connectivity index (χ3n) is 7.43. The first kappa shape index (κ1) is 23.6. The van der Waals surface area contributed by atoms with E-state index in [2.05, 4.69) is 33.9 Å². The lowest BCUT2D eigenvalue weighted by Crippen LogP contribution is -2.42. The molecule has 0 aliphatic heterocycles. The molecule has 0 fully saturated rings. The maximum Gasteiger partial charge on any atom is 0.308 e. The molecular weight excluding hydrogens is 432 g/mol. The predicted octanol–water partition coefficient (Wildman–Crippen LogP) is 5.51. The van der Waals surface area contributed by atoms with E-state index in [1.165, 1.54) is 6.92 Å². The Morgan fingerprint density at radius 1 is 1.03 bits per heavy atom. The normalized spacial score (nSPS) is 17.8. The van der Waals surface area contributed by atoms with Gasteiger partial charge < -0.3 is 9.16 Å². The number of carbonyl (C=O) groups is 3. The van der Waals surface area contributed by atoms with Gasteiger partial charge in [-0.25, -0.2) is 0 Å². The van der Waals surface area contributed by atoms with Gasteiger partial charge in [0.05, 0.1) is 5.56 Å². The number of carbonyl (C=O) groups excluding carboxylic acids is 3. The number of fused-ring (bicyclic) bond motifs is 4. The second kappa shape index (κ2) is 8.33. The maximum atomic E-state index is 13.5. The minimum atomic E-state index is -1.82. The molecule has 5 nitrogen and oxygen atoms in total. The van der Waals surface area contributed by atoms with Crippen molar-refractivity contribution in [3.05, 3.63) is 63.7 Å².